The van der Waals surface area contributed by atoms with Gasteiger partial charge in [0.2, 0.25) is 0 Å². The van der Waals surface area contributed by atoms with Crippen molar-refractivity contribution in [1.29, 1.82) is 0 Å². The fourth-order valence-electron chi connectivity index (χ4n) is 5.67. The molecule has 1 saturated carbocycles. The number of hydrogen-bond acceptors (Lipinski definition) is 6. The molecule has 176 valence electrons. The Kier molecular flexibility index (Phi) is 5.09. The molecule has 7 rings (SSSR count). The lowest BCUT2D eigenvalue weighted by molar-refractivity contribution is 0.421. The lowest BCUT2D eigenvalue weighted by Gasteiger charge is -2.28. The third-order valence-corrected chi connectivity index (χ3v) is 7.74. The van der Waals surface area contributed by atoms with Crippen LogP contribution >= 0.6 is 0 Å². The summed E-state index contributed by atoms with van der Waals surface area (Å²) in [4.78, 5) is 23.0. The highest BCUT2D eigenvalue weighted by Gasteiger charge is 2.26. The Morgan fingerprint density at radius 2 is 1.83 bits per heavy atom. The number of pyridine rings is 2. The second-order valence-corrected chi connectivity index (χ2v) is 9.92. The lowest BCUT2D eigenvalue weighted by Crippen LogP contribution is -2.23. The average molecular weight is 464 g/mol. The summed E-state index contributed by atoms with van der Waals surface area (Å²) in [5, 5.41) is 10.7. The number of para-hydroxylation sites is 1. The second-order valence-electron chi connectivity index (χ2n) is 9.92. The van der Waals surface area contributed by atoms with Gasteiger partial charge in [0.15, 0.2) is 5.82 Å². The second kappa shape index (κ2) is 8.57. The molecule has 0 amide bonds. The van der Waals surface area contributed by atoms with Crippen LogP contribution in [0.3, 0.4) is 0 Å². The van der Waals surface area contributed by atoms with Crippen LogP contribution in [0, 0.1) is 0 Å². The van der Waals surface area contributed by atoms with Crippen molar-refractivity contribution in [3.63, 3.8) is 0 Å². The molecule has 35 heavy (non-hydrogen) atoms. The fraction of sp³-hybridized carbons (Fsp3) is 0.357. The van der Waals surface area contributed by atoms with Crippen molar-refractivity contribution in [3.05, 3.63) is 54.5 Å². The minimum Gasteiger partial charge on any atom is -0.367 e. The van der Waals surface area contributed by atoms with Gasteiger partial charge in [0.1, 0.15) is 11.5 Å². The summed E-state index contributed by atoms with van der Waals surface area (Å²) in [5.74, 6) is 2.22. The Morgan fingerprint density at radius 3 is 2.74 bits per heavy atom. The summed E-state index contributed by atoms with van der Waals surface area (Å²) in [7, 11) is 0. The highest BCUT2D eigenvalue weighted by atomic mass is 15.1. The normalized spacial score (nSPS) is 19.1. The van der Waals surface area contributed by atoms with Crippen LogP contribution in [-0.4, -0.2) is 44.1 Å². The van der Waals surface area contributed by atoms with Gasteiger partial charge in [-0.05, 0) is 68.8 Å². The molecule has 2 aliphatic rings. The number of H-pyrrole nitrogens is 1. The molecule has 1 atom stereocenters. The van der Waals surface area contributed by atoms with Crippen LogP contribution in [-0.2, 0) is 0 Å². The minimum atomic E-state index is 0.393. The first-order valence-corrected chi connectivity index (χ1v) is 12.8. The minimum absolute atomic E-state index is 0.393. The van der Waals surface area contributed by atoms with Crippen molar-refractivity contribution in [3.8, 4) is 11.4 Å². The first-order valence-electron chi connectivity index (χ1n) is 12.8. The molecule has 0 radical (unpaired) electrons. The smallest absolute Gasteiger partial charge is 0.163 e. The summed E-state index contributed by atoms with van der Waals surface area (Å²) < 4.78 is 0. The summed E-state index contributed by atoms with van der Waals surface area (Å²) in [5.41, 5.74) is 5.13. The topological polar surface area (TPSA) is 91.4 Å². The van der Waals surface area contributed by atoms with E-state index in [0.29, 0.717) is 12.0 Å². The molecule has 7 nitrogen and oxygen atoms in total. The van der Waals surface area contributed by atoms with Crippen molar-refractivity contribution in [2.24, 2.45) is 0 Å². The van der Waals surface area contributed by atoms with Crippen LogP contribution in [0.4, 0.5) is 5.82 Å². The van der Waals surface area contributed by atoms with Gasteiger partial charge in [-0.15, -0.1) is 0 Å². The Labute approximate surface area is 203 Å². The third kappa shape index (κ3) is 3.62. The zero-order chi connectivity index (χ0) is 23.2. The predicted octanol–water partition coefficient (Wildman–Crippen LogP) is 5.54. The van der Waals surface area contributed by atoms with Gasteiger partial charge >= 0.3 is 0 Å². The van der Waals surface area contributed by atoms with Crippen LogP contribution in [0.15, 0.2) is 48.9 Å². The fourth-order valence-corrected chi connectivity index (χ4v) is 5.67. The largest absolute Gasteiger partial charge is 0.367 e. The Balaban J connectivity index is 1.44. The molecule has 5 heterocycles. The molecule has 7 heteroatoms. The van der Waals surface area contributed by atoms with E-state index < -0.39 is 0 Å². The van der Waals surface area contributed by atoms with E-state index >= 15 is 0 Å². The highest BCUT2D eigenvalue weighted by molar-refractivity contribution is 6.12. The van der Waals surface area contributed by atoms with E-state index in [0.717, 1.165) is 76.0 Å². The first-order chi connectivity index (χ1) is 17.3. The number of anilines is 1. The number of aromatic amines is 1. The van der Waals surface area contributed by atoms with Crippen molar-refractivity contribution in [2.75, 3.05) is 18.4 Å². The van der Waals surface area contributed by atoms with Gasteiger partial charge in [-0.1, -0.05) is 24.6 Å². The van der Waals surface area contributed by atoms with E-state index in [4.69, 9.17) is 9.97 Å². The van der Waals surface area contributed by atoms with Gasteiger partial charge < -0.3 is 15.6 Å². The summed E-state index contributed by atoms with van der Waals surface area (Å²) in [6, 6.07) is 10.8. The van der Waals surface area contributed by atoms with Gasteiger partial charge in [0.05, 0.1) is 11.7 Å². The Morgan fingerprint density at radius 1 is 0.886 bits per heavy atom. The number of nitrogens with zero attached hydrogens (tertiary/aromatic N) is 4. The molecular formula is C28H29N7. The van der Waals surface area contributed by atoms with Gasteiger partial charge in [0.25, 0.3) is 0 Å². The van der Waals surface area contributed by atoms with Crippen molar-refractivity contribution in [2.45, 2.75) is 50.5 Å². The molecule has 0 unspecified atom stereocenters. The number of fused-ring (bicyclic) bond motifs is 4. The van der Waals surface area contributed by atoms with E-state index in [2.05, 4.69) is 43.8 Å². The van der Waals surface area contributed by atoms with E-state index in [1.165, 1.54) is 31.2 Å². The van der Waals surface area contributed by atoms with E-state index in [-0.39, 0.29) is 0 Å². The molecule has 4 aromatic heterocycles. The van der Waals surface area contributed by atoms with Crippen LogP contribution in [0.25, 0.3) is 44.2 Å². The number of benzene rings is 1. The van der Waals surface area contributed by atoms with Gasteiger partial charge in [-0.3, -0.25) is 4.98 Å². The maximum atomic E-state index is 5.22. The first kappa shape index (κ1) is 20.8. The van der Waals surface area contributed by atoms with Crippen molar-refractivity contribution in [1.82, 2.24) is 30.2 Å². The number of hydrogen-bond donors (Lipinski definition) is 3. The zero-order valence-corrected chi connectivity index (χ0v) is 19.7. The van der Waals surface area contributed by atoms with Crippen LogP contribution < -0.4 is 10.6 Å². The number of nitrogens with one attached hydrogen (secondary N) is 3. The predicted molar refractivity (Wildman–Crippen MR) is 141 cm³/mol. The Bertz CT molecular complexity index is 1530. The molecule has 0 bridgehead atoms. The zero-order valence-electron chi connectivity index (χ0n) is 19.7. The van der Waals surface area contributed by atoms with Crippen molar-refractivity contribution < 1.29 is 0 Å². The van der Waals surface area contributed by atoms with Gasteiger partial charge in [0, 0.05) is 45.7 Å². The monoisotopic (exact) mass is 463 g/mol. The highest BCUT2D eigenvalue weighted by Crippen LogP contribution is 2.42. The summed E-state index contributed by atoms with van der Waals surface area (Å²) >= 11 is 0. The molecule has 3 N–H and O–H groups in total. The van der Waals surface area contributed by atoms with Crippen LogP contribution in [0.2, 0.25) is 0 Å². The maximum absolute atomic E-state index is 5.22. The maximum Gasteiger partial charge on any atom is 0.163 e. The number of rotatable bonds is 4. The van der Waals surface area contributed by atoms with E-state index in [9.17, 15) is 0 Å². The van der Waals surface area contributed by atoms with Crippen LogP contribution in [0.1, 0.15) is 50.0 Å². The quantitative estimate of drug-likeness (QED) is 0.324. The van der Waals surface area contributed by atoms with Gasteiger partial charge in [-0.25, -0.2) is 15.0 Å². The lowest BCUT2D eigenvalue weighted by atomic mass is 9.79. The molecule has 0 spiro atoms. The number of aromatic nitrogens is 5. The van der Waals surface area contributed by atoms with Crippen molar-refractivity contribution >= 4 is 38.7 Å². The molecule has 1 aliphatic carbocycles. The molecular weight excluding hydrogens is 434 g/mol. The molecule has 5 aromatic rings. The average Bonchev–Trinajstić information content (AvgIpc) is 3.04. The molecule has 1 saturated heterocycles. The molecule has 2 fully saturated rings. The van der Waals surface area contributed by atoms with Crippen LogP contribution in [0.5, 0.6) is 0 Å². The van der Waals surface area contributed by atoms with E-state index in [1.54, 1.807) is 0 Å². The summed E-state index contributed by atoms with van der Waals surface area (Å²) in [6.07, 6.45) is 12.9. The molecule has 1 aromatic carbocycles. The molecule has 1 aliphatic heterocycles. The summed E-state index contributed by atoms with van der Waals surface area (Å²) in [6.45, 7) is 2.12. The van der Waals surface area contributed by atoms with Gasteiger partial charge in [-0.2, -0.15) is 0 Å². The standard InChI is InChI=1S/C28H29N7/c1-2-9-22-19(8-1)24-20(11-14-31-27(24)33-22)26-34-23-16-30-15-21(17-5-3-6-17)25(23)28(35-26)32-18-7-4-12-29-13-10-18/h1-2,8-9,11,14-18,29H,3-7,10,12-13H2,(H,31,33)(H,32,34,35)/t18-/m1/s1. The van der Waals surface area contributed by atoms with E-state index in [1.807, 2.05) is 30.7 Å². The third-order valence-electron chi connectivity index (χ3n) is 7.74. The Hall–Kier alpha value is -3.58. The SMILES string of the molecule is c1ccc2c(c1)[nH]c1nccc(-c3nc(N[C@@H]4CCCNCC4)c4c(C5CCC5)cncc4n3)c12.